The number of nitrogens with two attached hydrogens (primary N) is 1. The summed E-state index contributed by atoms with van der Waals surface area (Å²) in [5.74, 6) is 0.481. The first kappa shape index (κ1) is 13.2. The summed E-state index contributed by atoms with van der Waals surface area (Å²) in [6.07, 6.45) is 0. The maximum Gasteiger partial charge on any atom is 0.148 e. The molecule has 0 saturated carbocycles. The summed E-state index contributed by atoms with van der Waals surface area (Å²) in [5, 5.41) is 0. The van der Waals surface area contributed by atoms with Gasteiger partial charge >= 0.3 is 0 Å². The van der Waals surface area contributed by atoms with Crippen molar-refractivity contribution in [2.24, 2.45) is 0 Å². The lowest BCUT2D eigenvalue weighted by Gasteiger charge is -2.20. The summed E-state index contributed by atoms with van der Waals surface area (Å²) < 4.78 is 19.0. The van der Waals surface area contributed by atoms with Gasteiger partial charge in [0.25, 0.3) is 0 Å². The van der Waals surface area contributed by atoms with Gasteiger partial charge in [-0.1, -0.05) is 12.1 Å². The van der Waals surface area contributed by atoms with Gasteiger partial charge in [0, 0.05) is 19.3 Å². The van der Waals surface area contributed by atoms with Gasteiger partial charge in [0.05, 0.1) is 12.8 Å². The fraction of sp³-hybridized carbons (Fsp3) is 0.200. The number of benzene rings is 2. The Hall–Kier alpha value is -2.23. The molecule has 2 aromatic carbocycles. The van der Waals surface area contributed by atoms with E-state index in [1.807, 2.05) is 36.2 Å². The molecule has 2 N–H and O–H groups in total. The van der Waals surface area contributed by atoms with Gasteiger partial charge in [-0.2, -0.15) is 0 Å². The molecule has 0 aliphatic rings. The van der Waals surface area contributed by atoms with E-state index in [1.165, 1.54) is 6.07 Å². The van der Waals surface area contributed by atoms with Gasteiger partial charge in [-0.05, 0) is 35.9 Å². The Kier molecular flexibility index (Phi) is 3.90. The highest BCUT2D eigenvalue weighted by Crippen LogP contribution is 2.23. The molecule has 0 spiro atoms. The van der Waals surface area contributed by atoms with Crippen LogP contribution in [-0.2, 0) is 6.54 Å². The smallest absolute Gasteiger partial charge is 0.148 e. The number of hydrogen-bond acceptors (Lipinski definition) is 3. The lowest BCUT2D eigenvalue weighted by Crippen LogP contribution is -2.17. The molecule has 0 aliphatic carbocycles. The van der Waals surface area contributed by atoms with Crippen LogP contribution in [0.15, 0.2) is 42.5 Å². The van der Waals surface area contributed by atoms with Gasteiger partial charge < -0.3 is 15.4 Å². The Bertz CT molecular complexity index is 572. The van der Waals surface area contributed by atoms with Crippen LogP contribution in [0, 0.1) is 5.82 Å². The van der Waals surface area contributed by atoms with Crippen molar-refractivity contribution >= 4 is 11.4 Å². The van der Waals surface area contributed by atoms with E-state index in [9.17, 15) is 4.39 Å². The Morgan fingerprint density at radius 2 is 2.00 bits per heavy atom. The second-order valence-corrected chi connectivity index (χ2v) is 4.42. The van der Waals surface area contributed by atoms with E-state index in [-0.39, 0.29) is 5.82 Å². The minimum atomic E-state index is -0.314. The first-order valence-electron chi connectivity index (χ1n) is 5.99. The third-order valence-corrected chi connectivity index (χ3v) is 2.94. The normalized spacial score (nSPS) is 10.3. The fourth-order valence-electron chi connectivity index (χ4n) is 1.96. The van der Waals surface area contributed by atoms with Crippen molar-refractivity contribution in [2.75, 3.05) is 24.8 Å². The van der Waals surface area contributed by atoms with Crippen LogP contribution in [-0.4, -0.2) is 14.2 Å². The first-order valence-corrected chi connectivity index (χ1v) is 5.99. The molecule has 0 amide bonds. The van der Waals surface area contributed by atoms with Gasteiger partial charge in [0.1, 0.15) is 11.6 Å². The van der Waals surface area contributed by atoms with E-state index < -0.39 is 0 Å². The molecule has 0 fully saturated rings. The molecule has 0 aromatic heterocycles. The quantitative estimate of drug-likeness (QED) is 0.859. The Morgan fingerprint density at radius 1 is 1.21 bits per heavy atom. The van der Waals surface area contributed by atoms with Crippen LogP contribution in [0.5, 0.6) is 5.75 Å². The van der Waals surface area contributed by atoms with Crippen molar-refractivity contribution in [1.82, 2.24) is 0 Å². The van der Waals surface area contributed by atoms with Crippen molar-refractivity contribution in [3.8, 4) is 5.75 Å². The lowest BCUT2D eigenvalue weighted by atomic mass is 10.2. The van der Waals surface area contributed by atoms with Crippen molar-refractivity contribution in [1.29, 1.82) is 0 Å². The summed E-state index contributed by atoms with van der Waals surface area (Å²) in [6, 6.07) is 12.4. The molecule has 0 aliphatic heterocycles. The monoisotopic (exact) mass is 260 g/mol. The van der Waals surface area contributed by atoms with Crippen LogP contribution in [0.2, 0.25) is 0 Å². The molecule has 19 heavy (non-hydrogen) atoms. The highest BCUT2D eigenvalue weighted by molar-refractivity contribution is 5.54. The average molecular weight is 260 g/mol. The lowest BCUT2D eigenvalue weighted by molar-refractivity contribution is 0.414. The van der Waals surface area contributed by atoms with Crippen molar-refractivity contribution in [2.45, 2.75) is 6.54 Å². The third-order valence-electron chi connectivity index (χ3n) is 2.94. The molecular weight excluding hydrogens is 243 g/mol. The standard InChI is InChI=1S/C15H17FN2O/c1-18(15-7-6-12(17)9-14(15)16)10-11-4-3-5-13(8-11)19-2/h3-9H,10,17H2,1-2H3. The van der Waals surface area contributed by atoms with E-state index in [1.54, 1.807) is 19.2 Å². The largest absolute Gasteiger partial charge is 0.497 e. The minimum absolute atomic E-state index is 0.314. The van der Waals surface area contributed by atoms with E-state index in [0.717, 1.165) is 11.3 Å². The van der Waals surface area contributed by atoms with Crippen LogP contribution < -0.4 is 15.4 Å². The van der Waals surface area contributed by atoms with Crippen LogP contribution in [0.3, 0.4) is 0 Å². The van der Waals surface area contributed by atoms with E-state index in [4.69, 9.17) is 10.5 Å². The number of nitrogens with zero attached hydrogens (tertiary/aromatic N) is 1. The third kappa shape index (κ3) is 3.16. The second-order valence-electron chi connectivity index (χ2n) is 4.42. The van der Waals surface area contributed by atoms with Gasteiger partial charge in [0.15, 0.2) is 0 Å². The van der Waals surface area contributed by atoms with E-state index in [2.05, 4.69) is 0 Å². The summed E-state index contributed by atoms with van der Waals surface area (Å²) in [6.45, 7) is 0.595. The zero-order valence-corrected chi connectivity index (χ0v) is 11.1. The maximum atomic E-state index is 13.8. The van der Waals surface area contributed by atoms with Gasteiger partial charge in [-0.3, -0.25) is 0 Å². The number of methoxy groups -OCH3 is 1. The molecule has 0 radical (unpaired) electrons. The van der Waals surface area contributed by atoms with Crippen molar-refractivity contribution in [3.05, 3.63) is 53.8 Å². The van der Waals surface area contributed by atoms with Crippen LogP contribution in [0.25, 0.3) is 0 Å². The molecule has 4 heteroatoms. The van der Waals surface area contributed by atoms with Crippen LogP contribution >= 0.6 is 0 Å². The molecule has 0 heterocycles. The minimum Gasteiger partial charge on any atom is -0.497 e. The SMILES string of the molecule is COc1cccc(CN(C)c2ccc(N)cc2F)c1. The van der Waals surface area contributed by atoms with Gasteiger partial charge in [-0.15, -0.1) is 0 Å². The highest BCUT2D eigenvalue weighted by Gasteiger charge is 2.08. The molecule has 2 aromatic rings. The van der Waals surface area contributed by atoms with Crippen molar-refractivity contribution < 1.29 is 9.13 Å². The average Bonchev–Trinajstić information content (AvgIpc) is 2.38. The Morgan fingerprint density at radius 3 is 2.68 bits per heavy atom. The number of ether oxygens (including phenoxy) is 1. The summed E-state index contributed by atoms with van der Waals surface area (Å²) in [7, 11) is 3.47. The molecule has 100 valence electrons. The number of hydrogen-bond donors (Lipinski definition) is 1. The topological polar surface area (TPSA) is 38.5 Å². The molecular formula is C15H17FN2O. The first-order chi connectivity index (χ1) is 9.10. The Balaban J connectivity index is 2.17. The molecule has 0 bridgehead atoms. The maximum absolute atomic E-state index is 13.8. The predicted molar refractivity (Wildman–Crippen MR) is 75.9 cm³/mol. The van der Waals surface area contributed by atoms with E-state index in [0.29, 0.717) is 17.9 Å². The molecule has 2 rings (SSSR count). The van der Waals surface area contributed by atoms with Gasteiger partial charge in [-0.25, -0.2) is 4.39 Å². The number of anilines is 2. The van der Waals surface area contributed by atoms with Crippen LogP contribution in [0.1, 0.15) is 5.56 Å². The highest BCUT2D eigenvalue weighted by atomic mass is 19.1. The Labute approximate surface area is 112 Å². The van der Waals surface area contributed by atoms with Crippen molar-refractivity contribution in [3.63, 3.8) is 0 Å². The molecule has 3 nitrogen and oxygen atoms in total. The molecule has 0 saturated heterocycles. The molecule has 0 unspecified atom stereocenters. The number of nitrogen functional groups attached to an aromatic ring is 1. The van der Waals surface area contributed by atoms with Gasteiger partial charge in [0.2, 0.25) is 0 Å². The summed E-state index contributed by atoms with van der Waals surface area (Å²) >= 11 is 0. The summed E-state index contributed by atoms with van der Waals surface area (Å²) in [5.41, 5.74) is 7.55. The number of halogens is 1. The predicted octanol–water partition coefficient (Wildman–Crippen LogP) is 3.05. The zero-order chi connectivity index (χ0) is 13.8. The number of rotatable bonds is 4. The second kappa shape index (κ2) is 5.61. The fourth-order valence-corrected chi connectivity index (χ4v) is 1.96. The molecule has 0 atom stereocenters. The zero-order valence-electron chi connectivity index (χ0n) is 11.1. The van der Waals surface area contributed by atoms with E-state index >= 15 is 0 Å². The summed E-state index contributed by atoms with van der Waals surface area (Å²) in [4.78, 5) is 1.84. The van der Waals surface area contributed by atoms with Crippen LogP contribution in [0.4, 0.5) is 15.8 Å².